The van der Waals surface area contributed by atoms with Crippen molar-refractivity contribution in [2.24, 2.45) is 7.05 Å². The van der Waals surface area contributed by atoms with Gasteiger partial charge in [0.1, 0.15) is 0 Å². The van der Waals surface area contributed by atoms with Gasteiger partial charge in [0.2, 0.25) is 0 Å². The number of fused-ring (bicyclic) bond motifs is 1. The Hall–Kier alpha value is -2.94. The summed E-state index contributed by atoms with van der Waals surface area (Å²) in [4.78, 5) is 12.7. The highest BCUT2D eigenvalue weighted by Crippen LogP contribution is 2.24. The van der Waals surface area contributed by atoms with Crippen LogP contribution in [0.4, 0.5) is 5.69 Å². The minimum absolute atomic E-state index is 0.0901. The van der Waals surface area contributed by atoms with Gasteiger partial charge in [-0.1, -0.05) is 30.3 Å². The summed E-state index contributed by atoms with van der Waals surface area (Å²) >= 11 is 0. The zero-order valence-electron chi connectivity index (χ0n) is 14.8. The molecule has 0 bridgehead atoms. The highest BCUT2D eigenvalue weighted by Gasteiger charge is 2.30. The zero-order chi connectivity index (χ0) is 19.0. The molecule has 1 aliphatic rings. The van der Waals surface area contributed by atoms with Crippen molar-refractivity contribution in [3.63, 3.8) is 0 Å². The summed E-state index contributed by atoms with van der Waals surface area (Å²) < 4.78 is 27.2. The lowest BCUT2D eigenvalue weighted by Gasteiger charge is -2.13. The third kappa shape index (κ3) is 3.63. The van der Waals surface area contributed by atoms with Crippen molar-refractivity contribution >= 4 is 21.4 Å². The number of nitrogens with one attached hydrogen (secondary N) is 1. The van der Waals surface area contributed by atoms with Gasteiger partial charge >= 0.3 is 0 Å². The number of hydrogen-bond acceptors (Lipinski definition) is 5. The summed E-state index contributed by atoms with van der Waals surface area (Å²) in [7, 11) is -1.46. The number of rotatable bonds is 4. The van der Waals surface area contributed by atoms with Crippen LogP contribution in [0, 0.1) is 0 Å². The van der Waals surface area contributed by atoms with Gasteiger partial charge < -0.3 is 5.32 Å². The third-order valence-corrected chi connectivity index (χ3v) is 6.14. The van der Waals surface area contributed by atoms with Crippen LogP contribution in [0.25, 0.3) is 0 Å². The van der Waals surface area contributed by atoms with Crippen molar-refractivity contribution in [1.82, 2.24) is 19.6 Å². The van der Waals surface area contributed by atoms with Gasteiger partial charge in [0.15, 0.2) is 15.5 Å². The molecule has 0 aliphatic carbocycles. The van der Waals surface area contributed by atoms with Crippen molar-refractivity contribution < 1.29 is 13.2 Å². The van der Waals surface area contributed by atoms with Crippen molar-refractivity contribution in [3.05, 3.63) is 65.2 Å². The third-order valence-electron chi connectivity index (χ3n) is 4.58. The molecule has 3 aromatic rings. The summed E-state index contributed by atoms with van der Waals surface area (Å²) in [5.41, 5.74) is 3.09. The second-order valence-corrected chi connectivity index (χ2v) is 8.79. The molecule has 1 aromatic carbocycles. The normalized spacial score (nSPS) is 15.3. The van der Waals surface area contributed by atoms with E-state index >= 15 is 0 Å². The largest absolute Gasteiger partial charge is 0.318 e. The SMILES string of the molecule is Cn1nc(C(=O)Nc2cnn(Cc3ccccc3)c2)c2c1CCS(=O)(=O)C2. The van der Waals surface area contributed by atoms with Crippen molar-refractivity contribution in [1.29, 1.82) is 0 Å². The molecular formula is C18H19N5O3S. The van der Waals surface area contributed by atoms with Crippen molar-refractivity contribution in [3.8, 4) is 0 Å². The summed E-state index contributed by atoms with van der Waals surface area (Å²) in [6, 6.07) is 9.87. The van der Waals surface area contributed by atoms with E-state index in [0.717, 1.165) is 11.3 Å². The highest BCUT2D eigenvalue weighted by molar-refractivity contribution is 7.90. The van der Waals surface area contributed by atoms with Gasteiger partial charge in [0.05, 0.1) is 29.9 Å². The van der Waals surface area contributed by atoms with Crippen LogP contribution in [0.5, 0.6) is 0 Å². The molecule has 27 heavy (non-hydrogen) atoms. The number of nitrogens with zero attached hydrogens (tertiary/aromatic N) is 4. The Morgan fingerprint density at radius 1 is 1.26 bits per heavy atom. The Labute approximate surface area is 156 Å². The van der Waals surface area contributed by atoms with Crippen LogP contribution in [0.1, 0.15) is 27.3 Å². The average Bonchev–Trinajstić information content (AvgIpc) is 3.19. The monoisotopic (exact) mass is 385 g/mol. The minimum Gasteiger partial charge on any atom is -0.318 e. The molecule has 1 N–H and O–H groups in total. The molecule has 1 aliphatic heterocycles. The standard InChI is InChI=1S/C18H19N5O3S/c1-22-16-7-8-27(25,26)12-15(16)17(21-22)18(24)20-14-9-19-23(11-14)10-13-5-3-2-4-6-13/h2-6,9,11H,7-8,10,12H2,1H3,(H,20,24). The number of sulfone groups is 1. The number of amides is 1. The van der Waals surface area contributed by atoms with Crippen LogP contribution < -0.4 is 5.32 Å². The Morgan fingerprint density at radius 2 is 2.04 bits per heavy atom. The molecule has 8 nitrogen and oxygen atoms in total. The van der Waals surface area contributed by atoms with Crippen LogP contribution in [0.15, 0.2) is 42.7 Å². The molecule has 3 heterocycles. The van der Waals surface area contributed by atoms with Crippen LogP contribution in [-0.2, 0) is 35.6 Å². The lowest BCUT2D eigenvalue weighted by molar-refractivity contribution is 0.102. The van der Waals surface area contributed by atoms with E-state index in [0.29, 0.717) is 24.2 Å². The van der Waals surface area contributed by atoms with E-state index in [4.69, 9.17) is 0 Å². The van der Waals surface area contributed by atoms with Crippen molar-refractivity contribution in [2.75, 3.05) is 11.1 Å². The molecule has 2 aromatic heterocycles. The molecular weight excluding hydrogens is 366 g/mol. The summed E-state index contributed by atoms with van der Waals surface area (Å²) in [5.74, 6) is -0.484. The van der Waals surface area contributed by atoms with Crippen LogP contribution in [-0.4, -0.2) is 39.6 Å². The molecule has 1 amide bonds. The smallest absolute Gasteiger partial charge is 0.276 e. The first-order valence-electron chi connectivity index (χ1n) is 8.54. The van der Waals surface area contributed by atoms with E-state index < -0.39 is 15.7 Å². The number of hydrogen-bond donors (Lipinski definition) is 1. The molecule has 4 rings (SSSR count). The van der Waals surface area contributed by atoms with E-state index in [9.17, 15) is 13.2 Å². The molecule has 0 atom stereocenters. The Balaban J connectivity index is 1.52. The van der Waals surface area contributed by atoms with Crippen LogP contribution in [0.3, 0.4) is 0 Å². The maximum atomic E-state index is 12.7. The Bertz CT molecular complexity index is 1100. The van der Waals surface area contributed by atoms with E-state index in [1.165, 1.54) is 0 Å². The summed E-state index contributed by atoms with van der Waals surface area (Å²) in [6.07, 6.45) is 3.67. The summed E-state index contributed by atoms with van der Waals surface area (Å²) in [5, 5.41) is 11.3. The van der Waals surface area contributed by atoms with Gasteiger partial charge in [-0.3, -0.25) is 14.2 Å². The molecule has 0 saturated carbocycles. The summed E-state index contributed by atoms with van der Waals surface area (Å²) in [6.45, 7) is 0.591. The molecule has 140 valence electrons. The Morgan fingerprint density at radius 3 is 2.81 bits per heavy atom. The van der Waals surface area contributed by atoms with E-state index in [1.807, 2.05) is 30.3 Å². The lowest BCUT2D eigenvalue weighted by atomic mass is 10.1. The first kappa shape index (κ1) is 17.5. The highest BCUT2D eigenvalue weighted by atomic mass is 32.2. The lowest BCUT2D eigenvalue weighted by Crippen LogP contribution is -2.22. The first-order chi connectivity index (χ1) is 12.9. The fraction of sp³-hybridized carbons (Fsp3) is 0.278. The second kappa shape index (κ2) is 6.66. The number of aromatic nitrogens is 4. The maximum absolute atomic E-state index is 12.7. The molecule has 9 heteroatoms. The van der Waals surface area contributed by atoms with Gasteiger partial charge in [-0.05, 0) is 5.56 Å². The first-order valence-corrected chi connectivity index (χ1v) is 10.4. The predicted molar refractivity (Wildman–Crippen MR) is 100 cm³/mol. The van der Waals surface area contributed by atoms with Gasteiger partial charge in [-0.15, -0.1) is 0 Å². The van der Waals surface area contributed by atoms with Gasteiger partial charge in [-0.25, -0.2) is 8.42 Å². The fourth-order valence-corrected chi connectivity index (χ4v) is 4.66. The predicted octanol–water partition coefficient (Wildman–Crippen LogP) is 1.39. The zero-order valence-corrected chi connectivity index (χ0v) is 15.6. The number of carbonyl (C=O) groups excluding carboxylic acids is 1. The fourth-order valence-electron chi connectivity index (χ4n) is 3.27. The van der Waals surface area contributed by atoms with Gasteiger partial charge in [0.25, 0.3) is 5.91 Å². The molecule has 0 fully saturated rings. The van der Waals surface area contributed by atoms with Gasteiger partial charge in [-0.2, -0.15) is 10.2 Å². The number of benzene rings is 1. The van der Waals surface area contributed by atoms with E-state index in [2.05, 4.69) is 15.5 Å². The number of anilines is 1. The maximum Gasteiger partial charge on any atom is 0.276 e. The van der Waals surface area contributed by atoms with Crippen molar-refractivity contribution in [2.45, 2.75) is 18.7 Å². The van der Waals surface area contributed by atoms with E-state index in [-0.39, 0.29) is 17.2 Å². The topological polar surface area (TPSA) is 98.9 Å². The number of aryl methyl sites for hydroxylation is 1. The van der Waals surface area contributed by atoms with Gasteiger partial charge in [0, 0.05) is 30.9 Å². The number of carbonyl (C=O) groups is 1. The van der Waals surface area contributed by atoms with Crippen LogP contribution >= 0.6 is 0 Å². The molecule has 0 saturated heterocycles. The average molecular weight is 385 g/mol. The van der Waals surface area contributed by atoms with Crippen LogP contribution in [0.2, 0.25) is 0 Å². The molecule has 0 unspecified atom stereocenters. The minimum atomic E-state index is -3.19. The quantitative estimate of drug-likeness (QED) is 0.732. The molecule has 0 spiro atoms. The van der Waals surface area contributed by atoms with E-state index in [1.54, 1.807) is 28.8 Å². The molecule has 0 radical (unpaired) electrons. The second-order valence-electron chi connectivity index (χ2n) is 6.61. The Kier molecular flexibility index (Phi) is 4.31.